The fourth-order valence-electron chi connectivity index (χ4n) is 1.19. The van der Waals surface area contributed by atoms with Gasteiger partial charge in [-0.05, 0) is 12.1 Å². The Labute approximate surface area is 94.5 Å². The predicted molar refractivity (Wildman–Crippen MR) is 55.8 cm³/mol. The number of benzene rings is 1. The van der Waals surface area contributed by atoms with Gasteiger partial charge in [-0.15, -0.1) is 5.10 Å². The molecule has 2 aromatic rings. The van der Waals surface area contributed by atoms with Crippen molar-refractivity contribution >= 4 is 11.7 Å². The molecule has 0 saturated heterocycles. The normalized spacial score (nSPS) is 10.1. The first-order chi connectivity index (χ1) is 8.08. The summed E-state index contributed by atoms with van der Waals surface area (Å²) in [5.74, 6) is -2.26. The zero-order valence-electron chi connectivity index (χ0n) is 8.38. The molecular weight excluding hydrogens is 228 g/mol. The molecule has 2 rings (SSSR count). The molecule has 88 valence electrons. The molecule has 5 N–H and O–H groups in total. The first kappa shape index (κ1) is 10.7. The van der Waals surface area contributed by atoms with Gasteiger partial charge in [0.05, 0.1) is 6.20 Å². The van der Waals surface area contributed by atoms with Gasteiger partial charge in [0, 0.05) is 5.56 Å². The Bertz CT molecular complexity index is 529. The van der Waals surface area contributed by atoms with E-state index < -0.39 is 23.2 Å². The van der Waals surface area contributed by atoms with Crippen LogP contribution in [0.5, 0.6) is 17.2 Å². The van der Waals surface area contributed by atoms with Gasteiger partial charge in [0.2, 0.25) is 0 Å². The maximum Gasteiger partial charge on any atom is 0.257 e. The van der Waals surface area contributed by atoms with Crippen molar-refractivity contribution in [2.45, 2.75) is 0 Å². The lowest BCUT2D eigenvalue weighted by Gasteiger charge is -2.05. The van der Waals surface area contributed by atoms with E-state index >= 15 is 0 Å². The Morgan fingerprint density at radius 2 is 1.88 bits per heavy atom. The molecule has 1 amide bonds. The molecule has 0 spiro atoms. The fourth-order valence-corrected chi connectivity index (χ4v) is 1.19. The van der Waals surface area contributed by atoms with E-state index in [4.69, 9.17) is 5.11 Å². The maximum absolute atomic E-state index is 11.6. The van der Waals surface area contributed by atoms with Gasteiger partial charge >= 0.3 is 0 Å². The SMILES string of the molecule is O=C(Nc1cn[nH]n1)c1cc(O)c(O)c(O)c1. The number of carbonyl (C=O) groups excluding carboxylic acids is 1. The number of nitrogens with one attached hydrogen (secondary N) is 2. The van der Waals surface area contributed by atoms with Crippen LogP contribution in [0.4, 0.5) is 5.82 Å². The lowest BCUT2D eigenvalue weighted by molar-refractivity contribution is 0.102. The largest absolute Gasteiger partial charge is 0.504 e. The number of hydrogen-bond acceptors (Lipinski definition) is 6. The van der Waals surface area contributed by atoms with Crippen molar-refractivity contribution in [1.82, 2.24) is 15.4 Å². The van der Waals surface area contributed by atoms with Gasteiger partial charge in [-0.2, -0.15) is 10.3 Å². The number of carbonyl (C=O) groups is 1. The molecule has 0 aliphatic heterocycles. The number of aromatic nitrogens is 3. The highest BCUT2D eigenvalue weighted by Crippen LogP contribution is 2.35. The average molecular weight is 236 g/mol. The molecule has 17 heavy (non-hydrogen) atoms. The van der Waals surface area contributed by atoms with Crippen molar-refractivity contribution in [3.63, 3.8) is 0 Å². The minimum Gasteiger partial charge on any atom is -0.504 e. The molecule has 0 radical (unpaired) electrons. The van der Waals surface area contributed by atoms with E-state index in [1.54, 1.807) is 0 Å². The highest BCUT2D eigenvalue weighted by atomic mass is 16.3. The number of amides is 1. The van der Waals surface area contributed by atoms with E-state index in [0.717, 1.165) is 12.1 Å². The third-order valence-corrected chi connectivity index (χ3v) is 1.99. The first-order valence-electron chi connectivity index (χ1n) is 4.50. The number of hydrogen-bond donors (Lipinski definition) is 5. The molecule has 0 aliphatic carbocycles. The van der Waals surface area contributed by atoms with Gasteiger partial charge < -0.3 is 20.6 Å². The summed E-state index contributed by atoms with van der Waals surface area (Å²) in [4.78, 5) is 11.6. The number of phenolic OH excluding ortho intramolecular Hbond substituents is 3. The van der Waals surface area contributed by atoms with E-state index in [1.807, 2.05) is 0 Å². The Balaban J connectivity index is 2.26. The van der Waals surface area contributed by atoms with E-state index in [2.05, 4.69) is 20.7 Å². The van der Waals surface area contributed by atoms with Crippen LogP contribution in [0.25, 0.3) is 0 Å². The van der Waals surface area contributed by atoms with Gasteiger partial charge in [-0.25, -0.2) is 0 Å². The first-order valence-corrected chi connectivity index (χ1v) is 4.50. The molecule has 0 bridgehead atoms. The summed E-state index contributed by atoms with van der Waals surface area (Å²) in [6.45, 7) is 0. The molecule has 0 fully saturated rings. The Morgan fingerprint density at radius 1 is 1.24 bits per heavy atom. The van der Waals surface area contributed by atoms with E-state index in [-0.39, 0.29) is 11.4 Å². The lowest BCUT2D eigenvalue weighted by atomic mass is 10.1. The molecule has 1 aromatic heterocycles. The molecule has 0 atom stereocenters. The summed E-state index contributed by atoms with van der Waals surface area (Å²) >= 11 is 0. The van der Waals surface area contributed by atoms with Crippen LogP contribution < -0.4 is 5.32 Å². The lowest BCUT2D eigenvalue weighted by Crippen LogP contribution is -2.12. The van der Waals surface area contributed by atoms with E-state index in [9.17, 15) is 15.0 Å². The smallest absolute Gasteiger partial charge is 0.257 e. The number of nitrogens with zero attached hydrogens (tertiary/aromatic N) is 2. The van der Waals surface area contributed by atoms with Crippen molar-refractivity contribution in [1.29, 1.82) is 0 Å². The zero-order valence-corrected chi connectivity index (χ0v) is 8.38. The van der Waals surface area contributed by atoms with Crippen LogP contribution in [0.2, 0.25) is 0 Å². The number of H-pyrrole nitrogens is 1. The summed E-state index contributed by atoms with van der Waals surface area (Å²) in [7, 11) is 0. The molecule has 1 aromatic carbocycles. The van der Waals surface area contributed by atoms with Crippen molar-refractivity contribution in [2.75, 3.05) is 5.32 Å². The summed E-state index contributed by atoms with van der Waals surface area (Å²) in [5.41, 5.74) is -0.0270. The molecule has 0 unspecified atom stereocenters. The van der Waals surface area contributed by atoms with Crippen molar-refractivity contribution in [2.24, 2.45) is 0 Å². The Kier molecular flexibility index (Phi) is 2.53. The summed E-state index contributed by atoms with van der Waals surface area (Å²) in [6.07, 6.45) is 1.29. The number of anilines is 1. The van der Waals surface area contributed by atoms with Crippen molar-refractivity contribution in [3.05, 3.63) is 23.9 Å². The van der Waals surface area contributed by atoms with Gasteiger partial charge in [-0.1, -0.05) is 0 Å². The van der Waals surface area contributed by atoms with E-state index in [0.29, 0.717) is 0 Å². The van der Waals surface area contributed by atoms with Gasteiger partial charge in [0.1, 0.15) is 0 Å². The van der Waals surface area contributed by atoms with Gasteiger partial charge in [-0.3, -0.25) is 4.79 Å². The average Bonchev–Trinajstić information content (AvgIpc) is 2.77. The van der Waals surface area contributed by atoms with Gasteiger partial charge in [0.15, 0.2) is 23.1 Å². The second kappa shape index (κ2) is 4.00. The van der Waals surface area contributed by atoms with Crippen LogP contribution in [0.15, 0.2) is 18.3 Å². The quantitative estimate of drug-likeness (QED) is 0.472. The number of phenols is 3. The van der Waals surface area contributed by atoms with Crippen LogP contribution in [-0.2, 0) is 0 Å². The van der Waals surface area contributed by atoms with Crippen molar-refractivity contribution < 1.29 is 20.1 Å². The molecule has 8 nitrogen and oxygen atoms in total. The third-order valence-electron chi connectivity index (χ3n) is 1.99. The van der Waals surface area contributed by atoms with Crippen LogP contribution in [0.3, 0.4) is 0 Å². The van der Waals surface area contributed by atoms with Crippen LogP contribution in [-0.4, -0.2) is 36.6 Å². The number of aromatic hydroxyl groups is 3. The molecule has 8 heteroatoms. The third kappa shape index (κ3) is 2.09. The van der Waals surface area contributed by atoms with Crippen LogP contribution >= 0.6 is 0 Å². The Hall–Kier alpha value is -2.77. The highest BCUT2D eigenvalue weighted by Gasteiger charge is 2.14. The summed E-state index contributed by atoms with van der Waals surface area (Å²) in [5, 5.41) is 39.3. The zero-order chi connectivity index (χ0) is 12.4. The highest BCUT2D eigenvalue weighted by molar-refractivity contribution is 6.04. The molecule has 0 saturated carbocycles. The number of aromatic amines is 1. The minimum absolute atomic E-state index is 0.0270. The molecular formula is C9H8N4O4. The standard InChI is InChI=1S/C9H8N4O4/c14-5-1-4(2-6(15)8(5)16)9(17)11-7-3-10-13-12-7/h1-3,14-16H,(H2,10,11,12,13,17). The van der Waals surface area contributed by atoms with E-state index in [1.165, 1.54) is 6.20 Å². The number of rotatable bonds is 2. The maximum atomic E-state index is 11.6. The monoisotopic (exact) mass is 236 g/mol. The Morgan fingerprint density at radius 3 is 2.41 bits per heavy atom. The van der Waals surface area contributed by atoms with Gasteiger partial charge in [0.25, 0.3) is 5.91 Å². The topological polar surface area (TPSA) is 131 Å². The molecule has 0 aliphatic rings. The van der Waals surface area contributed by atoms with Crippen molar-refractivity contribution in [3.8, 4) is 17.2 Å². The van der Waals surface area contributed by atoms with Crippen LogP contribution in [0.1, 0.15) is 10.4 Å². The second-order valence-electron chi connectivity index (χ2n) is 3.17. The molecule has 1 heterocycles. The second-order valence-corrected chi connectivity index (χ2v) is 3.17. The summed E-state index contributed by atoms with van der Waals surface area (Å²) in [6, 6.07) is 2.04. The minimum atomic E-state index is -0.678. The predicted octanol–water partition coefficient (Wildman–Crippen LogP) is 0.174. The fraction of sp³-hybridized carbons (Fsp3) is 0. The van der Waals surface area contributed by atoms with Crippen LogP contribution in [0, 0.1) is 0 Å². The summed E-state index contributed by atoms with van der Waals surface area (Å²) < 4.78 is 0.